The number of hydrogen-bond donors (Lipinski definition) is 24. The average Bonchev–Trinajstić information content (AvgIpc) is 1.67. The lowest BCUT2D eigenvalue weighted by molar-refractivity contribution is -0.143. The summed E-state index contributed by atoms with van der Waals surface area (Å²) in [5.41, 5.74) is 19.3. The van der Waals surface area contributed by atoms with Crippen molar-refractivity contribution in [3.05, 3.63) is 96.0 Å². The molecule has 5 heterocycles. The molecule has 2 aromatic carbocycles. The first-order valence-corrected chi connectivity index (χ1v) is 51.7. The van der Waals surface area contributed by atoms with Crippen LogP contribution in [-0.4, -0.2) is 316 Å². The molecule has 2 fully saturated rings. The first-order valence-electron chi connectivity index (χ1n) is 50.1. The van der Waals surface area contributed by atoms with Crippen LogP contribution < -0.4 is 96.4 Å². The summed E-state index contributed by atoms with van der Waals surface area (Å²) in [6, 6.07) is -1.53. The van der Waals surface area contributed by atoms with Gasteiger partial charge in [0.2, 0.25) is 105 Å². The van der Waals surface area contributed by atoms with E-state index < -0.39 is 260 Å². The van der Waals surface area contributed by atoms with Crippen molar-refractivity contribution >= 4 is 127 Å². The van der Waals surface area contributed by atoms with Crippen LogP contribution in [-0.2, 0) is 127 Å². The minimum Gasteiger partial charge on any atom is -0.394 e. The van der Waals surface area contributed by atoms with Gasteiger partial charge in [0.05, 0.1) is 62.9 Å². The van der Waals surface area contributed by atoms with Gasteiger partial charge in [0.15, 0.2) is 11.7 Å². The summed E-state index contributed by atoms with van der Waals surface area (Å²) in [6.45, 7) is -0.521. The van der Waals surface area contributed by atoms with Gasteiger partial charge in [0.1, 0.15) is 72.8 Å². The van der Waals surface area contributed by atoms with Gasteiger partial charge in [0, 0.05) is 114 Å². The fraction of sp³-hybridized carbons (Fsp3) is 0.621. The number of rotatable bonds is 61. The average molecular weight is 2070 g/mol. The second kappa shape index (κ2) is 65.8. The van der Waals surface area contributed by atoms with Crippen molar-refractivity contribution in [3.63, 3.8) is 0 Å². The minimum absolute atomic E-state index is 0.0153. The number of nitrogens with two attached hydrogens (primary N) is 3. The van der Waals surface area contributed by atoms with E-state index in [4.69, 9.17) is 32.1 Å². The Balaban J connectivity index is 0.910. The molecule has 2 saturated heterocycles. The lowest BCUT2D eigenvalue weighted by Crippen LogP contribution is -2.62. The highest BCUT2D eigenvalue weighted by molar-refractivity contribution is 7.90. The number of tetrazole rings is 1. The molecule has 27 N–H and O–H groups in total. The maximum Gasteiger partial charge on any atom is 0.246 e. The van der Waals surface area contributed by atoms with Gasteiger partial charge in [0.25, 0.3) is 0 Å². The van der Waals surface area contributed by atoms with Crippen molar-refractivity contribution in [2.75, 3.05) is 78.1 Å². The molecule has 16 amide bonds. The minimum atomic E-state index is -3.95. The summed E-state index contributed by atoms with van der Waals surface area (Å²) in [5, 5.41) is 80.2. The molecule has 2 aliphatic heterocycles. The topological polar surface area (TPSA) is 768 Å². The van der Waals surface area contributed by atoms with Crippen molar-refractivity contribution < 1.29 is 110 Å². The number of primary amides is 1. The maximum absolute atomic E-state index is 15.4. The van der Waals surface area contributed by atoms with E-state index in [1.165, 1.54) is 51.6 Å². The zero-order valence-electron chi connectivity index (χ0n) is 83.0. The van der Waals surface area contributed by atoms with Gasteiger partial charge in [-0.1, -0.05) is 139 Å². The zero-order valence-corrected chi connectivity index (χ0v) is 83.8. The van der Waals surface area contributed by atoms with Crippen LogP contribution in [0.4, 0.5) is 0 Å². The number of aliphatic hydroxyl groups excluding tert-OH is 2. The Labute approximate surface area is 847 Å². The second-order valence-electron chi connectivity index (χ2n) is 36.3. The molecule has 51 heteroatoms. The standard InChI is InChI=1S/C95H147N27O23S/c1-3-4-30-68(85(132)112-71-38-40-81(128)101-41-24-23-31-66(60(2)124)108-89(136)73(49-62-53-104-67-32-22-21-29-65(62)67)113-86(133)69(33-25-42-103-95(98)99)109-88(135)72(48-61-27-17-16-18-28-61)115-93(140)77-51-64(125)56-122(77)94(71)141)110-91(138)75(52-96)116-90(137)74(50-63-54-100-59-106-63)114-87(134)70(37-39-78(97)126)111-92(139)76(57-123)107-83(130)55-105-84(131)58-145-46-45-144-44-43-102-80(127)36-26-47-146(142,143)119-82(129)35-20-15-13-11-9-7-5-6-8-10-12-14-19-34-79-117-120-121-118-79/h16-18,21-22,27-29,32,53-54,59,64,66,68-77,104,123,125H,3-15,19-20,23-26,30-31,33-52,55-58,96H2,1-2H3,(H2,97,126)(H,100,106)(H,101,128)(H,102,127)(H,105,131)(H,107,130)(H,108,136)(H,109,135)(H,110,138)(H,111,139)(H,112,132)(H,113,133)(H,114,134)(H,115,140)(H,116,137)(H,119,129)(H4,98,99,103)(H,117,118,120,121)/t64-,66+,68+,69+,70+,71+,72-,73+,74+,75+,76+,77+/m1/s1. The first kappa shape index (κ1) is 119. The quantitative estimate of drug-likeness (QED) is 0.0103. The van der Waals surface area contributed by atoms with Gasteiger partial charge in [-0.05, 0) is 105 Å². The highest BCUT2D eigenvalue weighted by Crippen LogP contribution is 2.25. The highest BCUT2D eigenvalue weighted by atomic mass is 32.2. The molecule has 2 aliphatic rings. The Morgan fingerprint density at radius 3 is 1.90 bits per heavy atom. The summed E-state index contributed by atoms with van der Waals surface area (Å²) >= 11 is 0. The number of sulfonamides is 1. The Morgan fingerprint density at radius 2 is 1.23 bits per heavy atom. The number of nitrogens with zero attached hydrogens (tertiary/aromatic N) is 5. The van der Waals surface area contributed by atoms with E-state index in [1.54, 1.807) is 49.5 Å². The maximum atomic E-state index is 15.4. The molecule has 12 atom stereocenters. The van der Waals surface area contributed by atoms with Crippen molar-refractivity contribution in [3.8, 4) is 0 Å². The number of aryl methyl sites for hydroxylation is 1. The molecule has 5 aromatic rings. The number of amides is 16. The van der Waals surface area contributed by atoms with Crippen LogP contribution in [0.2, 0.25) is 0 Å². The molecule has 146 heavy (non-hydrogen) atoms. The third kappa shape index (κ3) is 45.4. The summed E-state index contributed by atoms with van der Waals surface area (Å²) < 4.78 is 37.9. The molecule has 7 rings (SSSR count). The molecule has 0 unspecified atom stereocenters. The fourth-order valence-electron chi connectivity index (χ4n) is 16.4. The second-order valence-corrected chi connectivity index (χ2v) is 38.2. The number of benzene rings is 2. The third-order valence-corrected chi connectivity index (χ3v) is 25.8. The molecule has 0 radical (unpaired) electrons. The molecule has 806 valence electrons. The summed E-state index contributed by atoms with van der Waals surface area (Å²) in [6.07, 6.45) is 15.6. The number of aliphatic hydroxyl groups is 2. The van der Waals surface area contributed by atoms with E-state index in [2.05, 4.69) is 115 Å². The molecule has 0 saturated carbocycles. The molecule has 0 spiro atoms. The van der Waals surface area contributed by atoms with E-state index >= 15 is 14.4 Å². The Hall–Kier alpha value is -13.5. The summed E-state index contributed by atoms with van der Waals surface area (Å²) in [7, 11) is -3.95. The van der Waals surface area contributed by atoms with Crippen LogP contribution in [0, 0.1) is 5.41 Å². The molecule has 3 aromatic heterocycles. The van der Waals surface area contributed by atoms with Gasteiger partial charge in [-0.2, -0.15) is 0 Å². The number of H-pyrrole nitrogens is 3. The molecular weight excluding hydrogens is 1920 g/mol. The molecule has 0 aliphatic carbocycles. The van der Waals surface area contributed by atoms with Crippen LogP contribution in [0.3, 0.4) is 0 Å². The fourth-order valence-corrected chi connectivity index (χ4v) is 17.5. The van der Waals surface area contributed by atoms with E-state index in [-0.39, 0.29) is 128 Å². The van der Waals surface area contributed by atoms with E-state index in [1.807, 2.05) is 18.2 Å². The zero-order chi connectivity index (χ0) is 106. The first-order chi connectivity index (χ1) is 70.1. The van der Waals surface area contributed by atoms with Gasteiger partial charge in [-0.3, -0.25) is 91.6 Å². The number of Topliss-reactive ketones (excluding diaryl/α,β-unsaturated/α-hetero) is 1. The van der Waals surface area contributed by atoms with Gasteiger partial charge in [-0.25, -0.2) is 18.5 Å². The predicted molar refractivity (Wildman–Crippen MR) is 531 cm³/mol. The Kier molecular flexibility index (Phi) is 53.8. The van der Waals surface area contributed by atoms with Crippen LogP contribution in [0.5, 0.6) is 0 Å². The number of guanidine groups is 1. The van der Waals surface area contributed by atoms with Crippen LogP contribution in [0.15, 0.2) is 73.3 Å². The lowest BCUT2D eigenvalue weighted by Gasteiger charge is -2.31. The van der Waals surface area contributed by atoms with E-state index in [0.717, 1.165) is 73.0 Å². The van der Waals surface area contributed by atoms with Gasteiger partial charge >= 0.3 is 0 Å². The lowest BCUT2D eigenvalue weighted by atomic mass is 10.0. The van der Waals surface area contributed by atoms with Crippen molar-refractivity contribution in [2.24, 2.45) is 17.2 Å². The number of para-hydroxylation sites is 1. The number of carbonyl (C=O) groups is 17. The van der Waals surface area contributed by atoms with Crippen molar-refractivity contribution in [1.82, 2.24) is 120 Å². The number of ketones is 1. The van der Waals surface area contributed by atoms with Gasteiger partial charge < -0.3 is 126 Å². The largest absolute Gasteiger partial charge is 0.394 e. The number of nitrogens with one attached hydrogen (secondary N) is 19. The molecule has 50 nitrogen and oxygen atoms in total. The molecular formula is C95H147N27O23S. The van der Waals surface area contributed by atoms with Crippen LogP contribution >= 0.6 is 0 Å². The van der Waals surface area contributed by atoms with E-state index in [0.29, 0.717) is 24.0 Å². The third-order valence-electron chi connectivity index (χ3n) is 24.5. The number of imidazole rings is 1. The SMILES string of the molecule is CCCC[C@H](NC(=O)[C@H](CN)NC(=O)[C@H](Cc1c[nH]cn1)NC(=O)[C@H](CCC(N)=O)NC(=O)[C@H](CO)NC(=O)CNC(=O)COCCOCCNC(=O)CCCS(=O)(=O)NC(=O)CCCCCCCCCCCCCCCc1nnn[nH]1)C(=O)N[C@H]1CCC(=O)NCCCC[C@@H](C(C)=O)NC(=O)[C@H](Cc2c[nH]c3ccccc23)NC(=O)[C@H](CCCNC(=N)N)NC(=O)[C@@H](Cc2ccccc2)NC(=O)[C@@H]2C[C@@H](O)CN2C1=O. The number of carbonyl (C=O) groups excluding carboxylic acids is 17. The Bertz CT molecular complexity index is 5130. The number of hydrogen-bond acceptors (Lipinski definition) is 29. The van der Waals surface area contributed by atoms with Gasteiger partial charge in [-0.15, -0.1) is 5.10 Å². The number of ether oxygens (including phenoxy) is 2. The van der Waals surface area contributed by atoms with E-state index in [9.17, 15) is 85.8 Å². The normalized spacial score (nSPS) is 18.4. The highest BCUT2D eigenvalue weighted by Gasteiger charge is 2.44. The van der Waals surface area contributed by atoms with Crippen LogP contribution in [0.25, 0.3) is 10.9 Å². The number of aromatic nitrogens is 7. The number of unbranched alkanes of at least 4 members (excludes halogenated alkanes) is 13. The molecule has 0 bridgehead atoms. The monoisotopic (exact) mass is 2070 g/mol. The predicted octanol–water partition coefficient (Wildman–Crippen LogP) is -3.22. The van der Waals surface area contributed by atoms with Crippen LogP contribution in [0.1, 0.15) is 223 Å². The number of aromatic amines is 3. The Morgan fingerprint density at radius 1 is 0.610 bits per heavy atom. The number of fused-ring (bicyclic) bond motifs is 2. The summed E-state index contributed by atoms with van der Waals surface area (Å²) in [5.74, 6) is -14.8. The van der Waals surface area contributed by atoms with Crippen molar-refractivity contribution in [2.45, 2.75) is 298 Å². The van der Waals surface area contributed by atoms with Crippen molar-refractivity contribution in [1.29, 1.82) is 5.41 Å². The summed E-state index contributed by atoms with van der Waals surface area (Å²) in [4.78, 5) is 248. The smallest absolute Gasteiger partial charge is 0.246 e.